The molecule has 1 amide bonds. The van der Waals surface area contributed by atoms with E-state index in [1.807, 2.05) is 12.1 Å². The highest BCUT2D eigenvalue weighted by Gasteiger charge is 2.27. The minimum Gasteiger partial charge on any atom is -0.457 e. The molecule has 150 valence electrons. The second-order valence-corrected chi connectivity index (χ2v) is 8.02. The molecule has 2 saturated heterocycles. The number of hydrogen-bond donors (Lipinski definition) is 1. The average molecular weight is 433 g/mol. The number of nitrogens with zero attached hydrogens (tertiary/aromatic N) is 2. The zero-order valence-corrected chi connectivity index (χ0v) is 17.2. The third-order valence-electron chi connectivity index (χ3n) is 4.52. The van der Waals surface area contributed by atoms with E-state index in [-0.39, 0.29) is 5.91 Å². The molecule has 29 heavy (non-hydrogen) atoms. The van der Waals surface area contributed by atoms with Gasteiger partial charge in [0, 0.05) is 30.8 Å². The van der Waals surface area contributed by atoms with Crippen molar-refractivity contribution >= 4 is 51.7 Å². The number of amides is 1. The Morgan fingerprint density at radius 1 is 1.28 bits per heavy atom. The van der Waals surface area contributed by atoms with Crippen LogP contribution in [0, 0.1) is 4.91 Å². The van der Waals surface area contributed by atoms with Crippen molar-refractivity contribution in [3.63, 3.8) is 0 Å². The fourth-order valence-corrected chi connectivity index (χ4v) is 4.15. The Kier molecular flexibility index (Phi) is 5.65. The molecule has 1 aromatic heterocycles. The zero-order valence-electron chi connectivity index (χ0n) is 15.5. The Hall–Kier alpha value is -2.69. The second-order valence-electron chi connectivity index (χ2n) is 6.30. The van der Waals surface area contributed by atoms with Crippen molar-refractivity contribution in [2.24, 2.45) is 0 Å². The van der Waals surface area contributed by atoms with Crippen molar-refractivity contribution < 1.29 is 23.7 Å². The summed E-state index contributed by atoms with van der Waals surface area (Å²) in [5.74, 6) is 0.853. The quantitative estimate of drug-likeness (QED) is 0.438. The number of carbonyl (C=O) groups is 1. The first-order chi connectivity index (χ1) is 14.0. The molecule has 4 rings (SSSR count). The molecule has 2 aliphatic heterocycles. The Morgan fingerprint density at radius 2 is 2.07 bits per heavy atom. The van der Waals surface area contributed by atoms with Gasteiger partial charge in [0.05, 0.1) is 23.0 Å². The molecule has 2 aliphatic rings. The van der Waals surface area contributed by atoms with Crippen LogP contribution in [0.2, 0.25) is 0 Å². The Balaban J connectivity index is 1.64. The number of ether oxygens (including phenoxy) is 1. The molecule has 0 unspecified atom stereocenters. The molecule has 0 radical (unpaired) electrons. The first-order valence-electron chi connectivity index (χ1n) is 8.88. The molecule has 0 aliphatic carbocycles. The maximum Gasteiger partial charge on any atom is 0.340 e. The summed E-state index contributed by atoms with van der Waals surface area (Å²) in [4.78, 5) is 32.1. The van der Waals surface area contributed by atoms with Crippen LogP contribution in [0.4, 0.5) is 11.4 Å². The monoisotopic (exact) mass is 432 g/mol. The van der Waals surface area contributed by atoms with E-state index in [1.165, 1.54) is 18.9 Å². The lowest BCUT2D eigenvalue weighted by Crippen LogP contribution is -2.36. The molecule has 0 spiro atoms. The van der Waals surface area contributed by atoms with E-state index in [9.17, 15) is 9.70 Å². The SMILES string of the molecule is CO[N+](=O)c1cc(-c2ccc(C=C3SC(=S)NC3=O)o2)ccc1N1CCOCC1. The lowest BCUT2D eigenvalue weighted by atomic mass is 10.1. The molecule has 10 heteroatoms. The van der Waals surface area contributed by atoms with Crippen molar-refractivity contribution in [3.8, 4) is 11.3 Å². The Labute approximate surface area is 176 Å². The normalized spacial score (nSPS) is 18.2. The largest absolute Gasteiger partial charge is 0.457 e. The van der Waals surface area contributed by atoms with E-state index in [1.54, 1.807) is 24.3 Å². The number of anilines is 1. The van der Waals surface area contributed by atoms with Gasteiger partial charge in [0.25, 0.3) is 10.8 Å². The van der Waals surface area contributed by atoms with Gasteiger partial charge in [-0.2, -0.15) is 0 Å². The van der Waals surface area contributed by atoms with Gasteiger partial charge in [-0.3, -0.25) is 4.79 Å². The Morgan fingerprint density at radius 3 is 2.76 bits per heavy atom. The van der Waals surface area contributed by atoms with Crippen LogP contribution in [0.1, 0.15) is 5.76 Å². The van der Waals surface area contributed by atoms with Gasteiger partial charge in [-0.05, 0) is 24.3 Å². The standard InChI is InChI=1S/C19H17N3O5S2/c1-25-22(24)15-10-12(2-4-14(15)21-6-8-26-9-7-21)16-5-3-13(27-16)11-17-18(23)20-19(28)29-17/h2-5,10-11H,6-9H2,1H3/p+1. The number of hydrogen-bond acceptors (Lipinski definition) is 8. The summed E-state index contributed by atoms with van der Waals surface area (Å²) in [6.07, 6.45) is 1.64. The molecule has 2 aromatic rings. The third kappa shape index (κ3) is 4.19. The van der Waals surface area contributed by atoms with E-state index >= 15 is 0 Å². The highest BCUT2D eigenvalue weighted by Crippen LogP contribution is 2.35. The van der Waals surface area contributed by atoms with Gasteiger partial charge < -0.3 is 19.4 Å². The number of nitrogens with one attached hydrogen (secondary N) is 1. The number of furan rings is 1. The van der Waals surface area contributed by atoms with Crippen LogP contribution in [0.25, 0.3) is 17.4 Å². The number of benzene rings is 1. The highest BCUT2D eigenvalue weighted by atomic mass is 32.2. The van der Waals surface area contributed by atoms with Gasteiger partial charge >= 0.3 is 5.69 Å². The average Bonchev–Trinajstić information content (AvgIpc) is 3.33. The van der Waals surface area contributed by atoms with Gasteiger partial charge in [0.2, 0.25) is 0 Å². The summed E-state index contributed by atoms with van der Waals surface area (Å²) < 4.78 is 11.7. The van der Waals surface area contributed by atoms with Gasteiger partial charge in [-0.15, -0.1) is 0 Å². The summed E-state index contributed by atoms with van der Waals surface area (Å²) in [6.45, 7) is 2.62. The van der Waals surface area contributed by atoms with E-state index < -0.39 is 0 Å². The van der Waals surface area contributed by atoms with Gasteiger partial charge in [-0.25, -0.2) is 4.84 Å². The summed E-state index contributed by atoms with van der Waals surface area (Å²) in [7, 11) is 1.33. The number of thioether (sulfide) groups is 1. The van der Waals surface area contributed by atoms with Crippen molar-refractivity contribution in [2.75, 3.05) is 38.3 Å². The molecular weight excluding hydrogens is 414 g/mol. The van der Waals surface area contributed by atoms with E-state index in [0.717, 1.165) is 11.3 Å². The summed E-state index contributed by atoms with van der Waals surface area (Å²) in [5, 5.41) is 2.57. The van der Waals surface area contributed by atoms with E-state index in [2.05, 4.69) is 10.2 Å². The summed E-state index contributed by atoms with van der Waals surface area (Å²) >= 11 is 6.18. The number of morpholine rings is 1. The summed E-state index contributed by atoms with van der Waals surface area (Å²) in [5.41, 5.74) is 1.88. The smallest absolute Gasteiger partial charge is 0.340 e. The minimum atomic E-state index is -0.239. The molecule has 2 fully saturated rings. The van der Waals surface area contributed by atoms with Crippen LogP contribution in [0.15, 0.2) is 39.7 Å². The fourth-order valence-electron chi connectivity index (χ4n) is 3.13. The molecule has 1 aromatic carbocycles. The fraction of sp³-hybridized carbons (Fsp3) is 0.263. The molecular formula is C19H18N3O5S2+. The molecule has 0 atom stereocenters. The van der Waals surface area contributed by atoms with Crippen molar-refractivity contribution in [3.05, 3.63) is 45.9 Å². The predicted octanol–water partition coefficient (Wildman–Crippen LogP) is 3.24. The maximum atomic E-state index is 12.3. The van der Waals surface area contributed by atoms with Crippen LogP contribution in [-0.2, 0) is 14.4 Å². The first-order valence-corrected chi connectivity index (χ1v) is 10.1. The first kappa shape index (κ1) is 19.6. The van der Waals surface area contributed by atoms with Crippen LogP contribution in [0.3, 0.4) is 0 Å². The Bertz CT molecular complexity index is 1010. The van der Waals surface area contributed by atoms with Crippen LogP contribution in [-0.4, -0.2) is 48.6 Å². The van der Waals surface area contributed by atoms with Crippen molar-refractivity contribution in [1.82, 2.24) is 5.32 Å². The van der Waals surface area contributed by atoms with Crippen LogP contribution in [0.5, 0.6) is 0 Å². The minimum absolute atomic E-state index is 0.239. The van der Waals surface area contributed by atoms with E-state index in [0.29, 0.717) is 57.7 Å². The topological polar surface area (TPSA) is 84.0 Å². The van der Waals surface area contributed by atoms with Gasteiger partial charge in [0.15, 0.2) is 7.11 Å². The molecule has 0 bridgehead atoms. The number of carbonyl (C=O) groups excluding carboxylic acids is 1. The number of thiocarbonyl (C=S) groups is 1. The maximum absolute atomic E-state index is 12.3. The van der Waals surface area contributed by atoms with Gasteiger partial charge in [-0.1, -0.05) is 24.0 Å². The molecule has 8 nitrogen and oxygen atoms in total. The van der Waals surface area contributed by atoms with Crippen molar-refractivity contribution in [1.29, 1.82) is 0 Å². The number of rotatable bonds is 5. The summed E-state index contributed by atoms with van der Waals surface area (Å²) in [6, 6.07) is 9.04. The highest BCUT2D eigenvalue weighted by molar-refractivity contribution is 8.26. The lowest BCUT2D eigenvalue weighted by molar-refractivity contribution is -0.736. The zero-order chi connectivity index (χ0) is 20.4. The predicted molar refractivity (Wildman–Crippen MR) is 114 cm³/mol. The molecule has 1 N–H and O–H groups in total. The van der Waals surface area contributed by atoms with E-state index in [4.69, 9.17) is 26.2 Å². The second kappa shape index (κ2) is 8.36. The molecule has 3 heterocycles. The third-order valence-corrected chi connectivity index (χ3v) is 5.68. The molecule has 0 saturated carbocycles. The van der Waals surface area contributed by atoms with Crippen LogP contribution < -0.4 is 10.2 Å². The van der Waals surface area contributed by atoms with Crippen LogP contribution >= 0.6 is 24.0 Å². The van der Waals surface area contributed by atoms with Gasteiger partial charge in [0.1, 0.15) is 21.5 Å². The van der Waals surface area contributed by atoms with Crippen molar-refractivity contribution in [2.45, 2.75) is 0 Å². The lowest BCUT2D eigenvalue weighted by Gasteiger charge is -2.28.